The molecule has 0 amide bonds. The van der Waals surface area contributed by atoms with E-state index in [2.05, 4.69) is 10.2 Å². The van der Waals surface area contributed by atoms with Crippen LogP contribution in [-0.4, -0.2) is 29.7 Å². The molecule has 150 valence electrons. The van der Waals surface area contributed by atoms with Gasteiger partial charge >= 0.3 is 6.18 Å². The van der Waals surface area contributed by atoms with Crippen molar-refractivity contribution in [3.05, 3.63) is 34.6 Å². The molecule has 1 aliphatic heterocycles. The molecule has 0 atom stereocenters. The number of nitrogens with two attached hydrogens (primary N) is 1. The molecule has 2 N–H and O–H groups in total. The molecule has 10 heteroatoms. The lowest BCUT2D eigenvalue weighted by atomic mass is 9.92. The second-order valence-electron chi connectivity index (χ2n) is 6.92. The van der Waals surface area contributed by atoms with Crippen molar-refractivity contribution >= 4 is 5.82 Å². The van der Waals surface area contributed by atoms with Crippen molar-refractivity contribution in [2.45, 2.75) is 37.6 Å². The minimum atomic E-state index is -4.73. The number of ether oxygens (including phenoxy) is 3. The Bertz CT molecular complexity index is 929. The van der Waals surface area contributed by atoms with Crippen LogP contribution in [0.25, 0.3) is 11.3 Å². The van der Waals surface area contributed by atoms with E-state index >= 15 is 0 Å². The van der Waals surface area contributed by atoms with Gasteiger partial charge in [-0.2, -0.15) is 13.2 Å². The first kappa shape index (κ1) is 18.9. The van der Waals surface area contributed by atoms with E-state index in [1.54, 1.807) is 0 Å². The number of hydrogen-bond acceptors (Lipinski definition) is 6. The van der Waals surface area contributed by atoms with E-state index in [1.807, 2.05) is 0 Å². The molecule has 1 fully saturated rings. The van der Waals surface area contributed by atoms with Gasteiger partial charge in [0.15, 0.2) is 12.6 Å². The number of nitrogens with zero attached hydrogens (tertiary/aromatic N) is 2. The predicted octanol–water partition coefficient (Wildman–Crippen LogP) is 3.47. The Morgan fingerprint density at radius 2 is 1.96 bits per heavy atom. The molecule has 1 saturated carbocycles. The van der Waals surface area contributed by atoms with Gasteiger partial charge in [0.25, 0.3) is 0 Å². The topological polar surface area (TPSA) is 79.5 Å². The van der Waals surface area contributed by atoms with E-state index < -0.39 is 17.6 Å². The number of alkyl halides is 3. The maximum Gasteiger partial charge on any atom is 0.416 e. The van der Waals surface area contributed by atoms with Crippen molar-refractivity contribution < 1.29 is 31.8 Å². The molecule has 4 rings (SSSR count). The van der Waals surface area contributed by atoms with E-state index in [-0.39, 0.29) is 41.8 Å². The highest BCUT2D eigenvalue weighted by molar-refractivity contribution is 5.74. The summed E-state index contributed by atoms with van der Waals surface area (Å²) < 4.78 is 70.1. The molecule has 1 aromatic carbocycles. The first-order chi connectivity index (χ1) is 13.2. The maximum absolute atomic E-state index is 14.9. The lowest BCUT2D eigenvalue weighted by Gasteiger charge is -2.27. The monoisotopic (exact) mass is 399 g/mol. The number of rotatable bonds is 4. The summed E-state index contributed by atoms with van der Waals surface area (Å²) in [6.07, 6.45) is -2.61. The van der Waals surface area contributed by atoms with Crippen LogP contribution in [0.4, 0.5) is 23.4 Å². The van der Waals surface area contributed by atoms with Gasteiger partial charge in [0.1, 0.15) is 17.3 Å². The number of methoxy groups -OCH3 is 1. The number of hydrogen-bond donors (Lipinski definition) is 1. The summed E-state index contributed by atoms with van der Waals surface area (Å²) in [5, 5.41) is 7.85. The van der Waals surface area contributed by atoms with Crippen LogP contribution in [0.1, 0.15) is 29.5 Å². The largest absolute Gasteiger partial charge is 0.467 e. The average Bonchev–Trinajstić information content (AvgIpc) is 3.38. The highest BCUT2D eigenvalue weighted by atomic mass is 19.4. The number of fused-ring (bicyclic) bond motifs is 1. The third-order valence-corrected chi connectivity index (χ3v) is 5.00. The molecule has 0 bridgehead atoms. The van der Waals surface area contributed by atoms with Gasteiger partial charge < -0.3 is 19.9 Å². The van der Waals surface area contributed by atoms with Gasteiger partial charge in [-0.3, -0.25) is 0 Å². The minimum Gasteiger partial charge on any atom is -0.467 e. The number of aromatic nitrogens is 2. The number of halogens is 4. The molecule has 0 radical (unpaired) electrons. The Labute approximate surface area is 157 Å². The van der Waals surface area contributed by atoms with Gasteiger partial charge in [-0.25, -0.2) is 4.39 Å². The van der Waals surface area contributed by atoms with Crippen LogP contribution in [0.5, 0.6) is 5.75 Å². The summed E-state index contributed by atoms with van der Waals surface area (Å²) in [6, 6.07) is 1.15. The first-order valence-electron chi connectivity index (χ1n) is 8.55. The van der Waals surface area contributed by atoms with Gasteiger partial charge in [-0.15, -0.1) is 10.2 Å². The zero-order chi connectivity index (χ0) is 20.1. The Hall–Kier alpha value is -2.46. The van der Waals surface area contributed by atoms with E-state index in [4.69, 9.17) is 19.9 Å². The van der Waals surface area contributed by atoms with E-state index in [0.717, 1.165) is 18.9 Å². The van der Waals surface area contributed by atoms with Crippen LogP contribution in [0.3, 0.4) is 0 Å². The fourth-order valence-corrected chi connectivity index (χ4v) is 3.34. The molecule has 2 heterocycles. The van der Waals surface area contributed by atoms with E-state index in [9.17, 15) is 17.6 Å². The van der Waals surface area contributed by atoms with Crippen molar-refractivity contribution in [2.24, 2.45) is 0 Å². The highest BCUT2D eigenvalue weighted by Crippen LogP contribution is 2.49. The van der Waals surface area contributed by atoms with Crippen LogP contribution in [0.15, 0.2) is 12.1 Å². The van der Waals surface area contributed by atoms with Crippen LogP contribution in [0, 0.1) is 5.82 Å². The quantitative estimate of drug-likeness (QED) is 0.627. The van der Waals surface area contributed by atoms with Crippen LogP contribution in [0.2, 0.25) is 0 Å². The van der Waals surface area contributed by atoms with Crippen molar-refractivity contribution in [2.75, 3.05) is 19.6 Å². The fraction of sp³-hybridized carbons (Fsp3) is 0.444. The number of benzene rings is 1. The van der Waals surface area contributed by atoms with Gasteiger partial charge in [-0.05, 0) is 30.5 Å². The molecular weight excluding hydrogens is 382 g/mol. The Morgan fingerprint density at radius 3 is 2.61 bits per heavy atom. The van der Waals surface area contributed by atoms with E-state index in [0.29, 0.717) is 23.6 Å². The average molecular weight is 399 g/mol. The van der Waals surface area contributed by atoms with Gasteiger partial charge in [-0.1, -0.05) is 0 Å². The smallest absolute Gasteiger partial charge is 0.416 e. The fourth-order valence-electron chi connectivity index (χ4n) is 3.34. The second kappa shape index (κ2) is 6.56. The summed E-state index contributed by atoms with van der Waals surface area (Å²) >= 11 is 0. The molecule has 6 nitrogen and oxygen atoms in total. The minimum absolute atomic E-state index is 0.108. The molecule has 2 aliphatic rings. The maximum atomic E-state index is 14.9. The van der Waals surface area contributed by atoms with E-state index in [1.165, 1.54) is 7.11 Å². The lowest BCUT2D eigenvalue weighted by molar-refractivity contribution is -0.137. The SMILES string of the molecule is COCOc1cc(C(F)(F)F)cc(F)c1-c1nnc(N)c2c1CC1(CC1)OC2. The Kier molecular flexibility index (Phi) is 4.42. The molecule has 2 aromatic rings. The normalized spacial score (nSPS) is 17.5. The third-order valence-electron chi connectivity index (χ3n) is 5.00. The zero-order valence-electron chi connectivity index (χ0n) is 14.9. The van der Waals surface area contributed by atoms with Gasteiger partial charge in [0.2, 0.25) is 0 Å². The summed E-state index contributed by atoms with van der Waals surface area (Å²) in [5.41, 5.74) is 5.48. The third kappa shape index (κ3) is 3.26. The van der Waals surface area contributed by atoms with Gasteiger partial charge in [0.05, 0.1) is 23.3 Å². The van der Waals surface area contributed by atoms with Crippen LogP contribution >= 0.6 is 0 Å². The molecule has 1 spiro atoms. The second-order valence-corrected chi connectivity index (χ2v) is 6.92. The Balaban J connectivity index is 1.89. The summed E-state index contributed by atoms with van der Waals surface area (Å²) in [4.78, 5) is 0. The van der Waals surface area contributed by atoms with Crippen molar-refractivity contribution in [1.82, 2.24) is 10.2 Å². The van der Waals surface area contributed by atoms with Gasteiger partial charge in [0, 0.05) is 19.1 Å². The molecule has 1 aliphatic carbocycles. The van der Waals surface area contributed by atoms with Crippen molar-refractivity contribution in [3.63, 3.8) is 0 Å². The zero-order valence-corrected chi connectivity index (χ0v) is 14.9. The van der Waals surface area contributed by atoms with Crippen LogP contribution in [-0.2, 0) is 28.7 Å². The number of anilines is 1. The molecule has 0 saturated heterocycles. The summed E-state index contributed by atoms with van der Waals surface area (Å²) in [5.74, 6) is -1.29. The molecule has 0 unspecified atom stereocenters. The molecular formula is C18H17F4N3O3. The first-order valence-corrected chi connectivity index (χ1v) is 8.55. The standard InChI is InChI=1S/C18H17F4N3O3/c1-26-8-27-13-5-9(18(20,21)22)4-12(19)14(13)15-10-6-17(2-3-17)28-7-11(10)16(23)25-24-15/h4-5H,2-3,6-8H2,1H3,(H2,23,25). The number of nitrogen functional groups attached to an aromatic ring is 1. The lowest BCUT2D eigenvalue weighted by Crippen LogP contribution is -2.26. The highest BCUT2D eigenvalue weighted by Gasteiger charge is 2.48. The predicted molar refractivity (Wildman–Crippen MR) is 89.8 cm³/mol. The molecule has 28 heavy (non-hydrogen) atoms. The van der Waals surface area contributed by atoms with Crippen molar-refractivity contribution in [3.8, 4) is 17.0 Å². The molecule has 1 aromatic heterocycles. The van der Waals surface area contributed by atoms with Crippen molar-refractivity contribution in [1.29, 1.82) is 0 Å². The van der Waals surface area contributed by atoms with Crippen LogP contribution < -0.4 is 10.5 Å². The summed E-state index contributed by atoms with van der Waals surface area (Å²) in [7, 11) is 1.31. The summed E-state index contributed by atoms with van der Waals surface area (Å²) in [6.45, 7) is -0.161. The Morgan fingerprint density at radius 1 is 1.21 bits per heavy atom.